The smallest absolute Gasteiger partial charge is 0.225 e. The number of nitrogens with zero attached hydrogens (tertiary/aromatic N) is 1. The zero-order valence-electron chi connectivity index (χ0n) is 13.9. The Morgan fingerprint density at radius 3 is 2.65 bits per heavy atom. The largest absolute Gasteiger partial charge is 0.497 e. The number of rotatable bonds is 7. The molecule has 1 aliphatic rings. The van der Waals surface area contributed by atoms with Crippen LogP contribution in [0, 0.1) is 5.92 Å². The molecule has 126 valence electrons. The number of likely N-dealkylation sites (tertiary alicyclic amines) is 1. The second kappa shape index (κ2) is 7.97. The lowest BCUT2D eigenvalue weighted by atomic mass is 10.1. The summed E-state index contributed by atoms with van der Waals surface area (Å²) in [6.45, 7) is 3.31. The number of methoxy groups -OCH3 is 2. The lowest BCUT2D eigenvalue weighted by Gasteiger charge is -2.23. The van der Waals surface area contributed by atoms with Crippen LogP contribution >= 0.6 is 0 Å². The van der Waals surface area contributed by atoms with Crippen molar-refractivity contribution < 1.29 is 19.1 Å². The first-order valence-electron chi connectivity index (χ1n) is 7.74. The summed E-state index contributed by atoms with van der Waals surface area (Å²) in [6.07, 6.45) is 0.266. The Labute approximate surface area is 136 Å². The Bertz CT molecular complexity index is 544. The average molecular weight is 320 g/mol. The molecule has 1 saturated heterocycles. The first-order valence-corrected chi connectivity index (χ1v) is 7.74. The van der Waals surface area contributed by atoms with Gasteiger partial charge in [0, 0.05) is 26.6 Å². The van der Waals surface area contributed by atoms with E-state index in [0.717, 1.165) is 11.3 Å². The van der Waals surface area contributed by atoms with Gasteiger partial charge < -0.3 is 19.7 Å². The van der Waals surface area contributed by atoms with Crippen molar-refractivity contribution in [1.82, 2.24) is 10.2 Å². The zero-order chi connectivity index (χ0) is 16.8. The molecule has 0 unspecified atom stereocenters. The number of hydrogen-bond donors (Lipinski definition) is 1. The molecule has 2 atom stereocenters. The Balaban J connectivity index is 1.85. The summed E-state index contributed by atoms with van der Waals surface area (Å²) in [5.74, 6) is 0.421. The molecule has 23 heavy (non-hydrogen) atoms. The summed E-state index contributed by atoms with van der Waals surface area (Å²) in [5, 5.41) is 2.90. The monoisotopic (exact) mass is 320 g/mol. The molecule has 1 fully saturated rings. The standard InChI is InChI=1S/C17H24N2O4/c1-12(11-22-2)19-10-14(8-16(19)20)17(21)18-9-13-4-6-15(23-3)7-5-13/h4-7,12,14H,8-11H2,1-3H3,(H,18,21)/t12-,14-/m0/s1. The van der Waals surface area contributed by atoms with Crippen molar-refractivity contribution in [3.05, 3.63) is 29.8 Å². The number of benzene rings is 1. The summed E-state index contributed by atoms with van der Waals surface area (Å²) in [7, 11) is 3.22. The fourth-order valence-corrected chi connectivity index (χ4v) is 2.74. The Hall–Kier alpha value is -2.08. The summed E-state index contributed by atoms with van der Waals surface area (Å²) >= 11 is 0. The van der Waals surface area contributed by atoms with Crippen LogP contribution in [0.5, 0.6) is 5.75 Å². The van der Waals surface area contributed by atoms with Gasteiger partial charge in [-0.3, -0.25) is 9.59 Å². The predicted octanol–water partition coefficient (Wildman–Crippen LogP) is 1.19. The maximum Gasteiger partial charge on any atom is 0.225 e. The molecular weight excluding hydrogens is 296 g/mol. The van der Waals surface area contributed by atoms with E-state index >= 15 is 0 Å². The SMILES string of the molecule is COC[C@H](C)N1C[C@@H](C(=O)NCc2ccc(OC)cc2)CC1=O. The van der Waals surface area contributed by atoms with E-state index in [1.807, 2.05) is 31.2 Å². The fraction of sp³-hybridized carbons (Fsp3) is 0.529. The Kier molecular flexibility index (Phi) is 5.98. The van der Waals surface area contributed by atoms with E-state index < -0.39 is 0 Å². The van der Waals surface area contributed by atoms with Gasteiger partial charge in [-0.05, 0) is 24.6 Å². The van der Waals surface area contributed by atoms with Crippen molar-refractivity contribution in [2.45, 2.75) is 25.9 Å². The molecule has 0 bridgehead atoms. The fourth-order valence-electron chi connectivity index (χ4n) is 2.74. The third-order valence-electron chi connectivity index (χ3n) is 4.09. The highest BCUT2D eigenvalue weighted by molar-refractivity contribution is 5.89. The van der Waals surface area contributed by atoms with Crippen LogP contribution in [-0.4, -0.2) is 50.1 Å². The topological polar surface area (TPSA) is 67.9 Å². The van der Waals surface area contributed by atoms with Crippen molar-refractivity contribution in [3.8, 4) is 5.75 Å². The number of nitrogens with one attached hydrogen (secondary N) is 1. The molecule has 0 radical (unpaired) electrons. The molecular formula is C17H24N2O4. The van der Waals surface area contributed by atoms with Crippen molar-refractivity contribution in [2.24, 2.45) is 5.92 Å². The van der Waals surface area contributed by atoms with Gasteiger partial charge in [0.05, 0.1) is 25.7 Å². The van der Waals surface area contributed by atoms with E-state index in [-0.39, 0.29) is 30.2 Å². The summed E-state index contributed by atoms with van der Waals surface area (Å²) in [4.78, 5) is 26.0. The van der Waals surface area contributed by atoms with Gasteiger partial charge in [0.1, 0.15) is 5.75 Å². The molecule has 2 amide bonds. The van der Waals surface area contributed by atoms with Crippen LogP contribution in [0.25, 0.3) is 0 Å². The maximum atomic E-state index is 12.3. The first-order chi connectivity index (χ1) is 11.0. The van der Waals surface area contributed by atoms with Crippen LogP contribution in [0.15, 0.2) is 24.3 Å². The molecule has 1 heterocycles. The number of carbonyl (C=O) groups excluding carboxylic acids is 2. The molecule has 0 spiro atoms. The summed E-state index contributed by atoms with van der Waals surface area (Å²) in [6, 6.07) is 7.52. The van der Waals surface area contributed by atoms with Crippen LogP contribution < -0.4 is 10.1 Å². The third-order valence-corrected chi connectivity index (χ3v) is 4.09. The lowest BCUT2D eigenvalue weighted by molar-refractivity contribution is -0.130. The molecule has 0 aliphatic carbocycles. The van der Waals surface area contributed by atoms with Gasteiger partial charge in [0.2, 0.25) is 11.8 Å². The first kappa shape index (κ1) is 17.3. The molecule has 2 rings (SSSR count). The number of ether oxygens (including phenoxy) is 2. The molecule has 1 aromatic rings. The molecule has 6 heteroatoms. The summed E-state index contributed by atoms with van der Waals surface area (Å²) in [5.41, 5.74) is 0.994. The Morgan fingerprint density at radius 2 is 2.04 bits per heavy atom. The normalized spacial score (nSPS) is 18.8. The van der Waals surface area contributed by atoms with E-state index in [2.05, 4.69) is 5.32 Å². The van der Waals surface area contributed by atoms with Gasteiger partial charge in [-0.15, -0.1) is 0 Å². The minimum Gasteiger partial charge on any atom is -0.497 e. The van der Waals surface area contributed by atoms with Gasteiger partial charge in [0.15, 0.2) is 0 Å². The van der Waals surface area contributed by atoms with Crippen molar-refractivity contribution >= 4 is 11.8 Å². The van der Waals surface area contributed by atoms with Gasteiger partial charge >= 0.3 is 0 Å². The molecule has 1 aliphatic heterocycles. The predicted molar refractivity (Wildman–Crippen MR) is 86.0 cm³/mol. The number of amides is 2. The molecule has 1 aromatic carbocycles. The number of hydrogen-bond acceptors (Lipinski definition) is 4. The van der Waals surface area contributed by atoms with Crippen LogP contribution in [-0.2, 0) is 20.9 Å². The van der Waals surface area contributed by atoms with Crippen LogP contribution in [0.3, 0.4) is 0 Å². The van der Waals surface area contributed by atoms with E-state index in [1.54, 1.807) is 19.1 Å². The van der Waals surface area contributed by atoms with Crippen molar-refractivity contribution in [1.29, 1.82) is 0 Å². The van der Waals surface area contributed by atoms with E-state index in [0.29, 0.717) is 19.7 Å². The van der Waals surface area contributed by atoms with Gasteiger partial charge in [0.25, 0.3) is 0 Å². The summed E-state index contributed by atoms with van der Waals surface area (Å²) < 4.78 is 10.2. The van der Waals surface area contributed by atoms with E-state index in [4.69, 9.17) is 9.47 Å². The van der Waals surface area contributed by atoms with Gasteiger partial charge in [-0.25, -0.2) is 0 Å². The van der Waals surface area contributed by atoms with Crippen LogP contribution in [0.2, 0.25) is 0 Å². The lowest BCUT2D eigenvalue weighted by Crippen LogP contribution is -2.38. The van der Waals surface area contributed by atoms with Crippen molar-refractivity contribution in [2.75, 3.05) is 27.4 Å². The second-order valence-electron chi connectivity index (χ2n) is 5.82. The minimum atomic E-state index is -0.292. The third kappa shape index (κ3) is 4.45. The molecule has 0 saturated carbocycles. The van der Waals surface area contributed by atoms with E-state index in [9.17, 15) is 9.59 Å². The molecule has 6 nitrogen and oxygen atoms in total. The van der Waals surface area contributed by atoms with E-state index in [1.165, 1.54) is 0 Å². The van der Waals surface area contributed by atoms with Crippen LogP contribution in [0.4, 0.5) is 0 Å². The quantitative estimate of drug-likeness (QED) is 0.819. The van der Waals surface area contributed by atoms with Gasteiger partial charge in [-0.2, -0.15) is 0 Å². The minimum absolute atomic E-state index is 0.00751. The Morgan fingerprint density at radius 1 is 1.35 bits per heavy atom. The molecule has 1 N–H and O–H groups in total. The average Bonchev–Trinajstić information content (AvgIpc) is 2.95. The highest BCUT2D eigenvalue weighted by atomic mass is 16.5. The zero-order valence-corrected chi connectivity index (χ0v) is 13.9. The van der Waals surface area contributed by atoms with Crippen molar-refractivity contribution in [3.63, 3.8) is 0 Å². The second-order valence-corrected chi connectivity index (χ2v) is 5.82. The van der Waals surface area contributed by atoms with Gasteiger partial charge in [-0.1, -0.05) is 12.1 Å². The highest BCUT2D eigenvalue weighted by Gasteiger charge is 2.36. The number of carbonyl (C=O) groups is 2. The maximum absolute atomic E-state index is 12.3. The van der Waals surface area contributed by atoms with Crippen LogP contribution in [0.1, 0.15) is 18.9 Å². The molecule has 0 aromatic heterocycles. The highest BCUT2D eigenvalue weighted by Crippen LogP contribution is 2.21.